The number of aliphatic hydroxyl groups is 1. The third-order valence-corrected chi connectivity index (χ3v) is 7.11. The second kappa shape index (κ2) is 7.38. The Morgan fingerprint density at radius 1 is 0.680 bits per heavy atom. The van der Waals surface area contributed by atoms with E-state index in [9.17, 15) is 5.11 Å². The van der Waals surface area contributed by atoms with Gasteiger partial charge in [0.2, 0.25) is 0 Å². The third kappa shape index (κ3) is 4.09. The molecule has 0 saturated heterocycles. The van der Waals surface area contributed by atoms with E-state index in [0.717, 1.165) is 5.56 Å². The van der Waals surface area contributed by atoms with Gasteiger partial charge in [0.25, 0.3) is 0 Å². The van der Waals surface area contributed by atoms with Gasteiger partial charge in [-0.25, -0.2) is 0 Å². The SMILES string of the molecule is C[Si](C)(C)C(c1ccccc1)c1ccc(-c2ccc(CO)cc2)cc1. The molecule has 0 aliphatic carbocycles. The summed E-state index contributed by atoms with van der Waals surface area (Å²) in [4.78, 5) is 0. The predicted octanol–water partition coefficient (Wildman–Crippen LogP) is 5.86. The van der Waals surface area contributed by atoms with Gasteiger partial charge in [-0.05, 0) is 27.8 Å². The first-order chi connectivity index (χ1) is 12.0. The highest BCUT2D eigenvalue weighted by Gasteiger charge is 2.29. The Bertz CT molecular complexity index is 799. The maximum atomic E-state index is 9.18. The van der Waals surface area contributed by atoms with Crippen LogP contribution in [0, 0.1) is 0 Å². The number of benzene rings is 3. The Hall–Kier alpha value is -2.16. The van der Waals surface area contributed by atoms with Crippen molar-refractivity contribution in [3.8, 4) is 11.1 Å². The minimum Gasteiger partial charge on any atom is -0.392 e. The fourth-order valence-corrected chi connectivity index (χ4v) is 5.89. The van der Waals surface area contributed by atoms with Crippen molar-refractivity contribution in [3.05, 3.63) is 95.6 Å². The van der Waals surface area contributed by atoms with Gasteiger partial charge >= 0.3 is 0 Å². The van der Waals surface area contributed by atoms with Crippen molar-refractivity contribution in [2.75, 3.05) is 0 Å². The average Bonchev–Trinajstić information content (AvgIpc) is 2.62. The molecule has 0 radical (unpaired) electrons. The van der Waals surface area contributed by atoms with Gasteiger partial charge in [-0.3, -0.25) is 0 Å². The quantitative estimate of drug-likeness (QED) is 0.574. The molecule has 0 heterocycles. The van der Waals surface area contributed by atoms with Gasteiger partial charge in [0.15, 0.2) is 0 Å². The Balaban J connectivity index is 1.94. The smallest absolute Gasteiger partial charge is 0.0681 e. The van der Waals surface area contributed by atoms with Crippen LogP contribution in [-0.4, -0.2) is 13.2 Å². The molecule has 1 atom stereocenters. The standard InChI is InChI=1S/C23H26OSi/c1-25(2,3)23(21-7-5-4-6-8-21)22-15-13-20(14-16-22)19-11-9-18(17-24)10-12-19/h4-16,23-24H,17H2,1-3H3. The number of rotatable bonds is 5. The van der Waals surface area contributed by atoms with Gasteiger partial charge in [-0.15, -0.1) is 0 Å². The monoisotopic (exact) mass is 346 g/mol. The van der Waals surface area contributed by atoms with Crippen LogP contribution in [-0.2, 0) is 6.61 Å². The van der Waals surface area contributed by atoms with Crippen molar-refractivity contribution in [2.24, 2.45) is 0 Å². The van der Waals surface area contributed by atoms with E-state index in [-0.39, 0.29) is 6.61 Å². The highest BCUT2D eigenvalue weighted by molar-refractivity contribution is 6.78. The van der Waals surface area contributed by atoms with Gasteiger partial charge in [0, 0.05) is 5.54 Å². The lowest BCUT2D eigenvalue weighted by molar-refractivity contribution is 0.282. The molecule has 128 valence electrons. The summed E-state index contributed by atoms with van der Waals surface area (Å²) in [5.41, 5.74) is 6.68. The van der Waals surface area contributed by atoms with Crippen LogP contribution in [0.4, 0.5) is 0 Å². The second-order valence-corrected chi connectivity index (χ2v) is 13.0. The van der Waals surface area contributed by atoms with Crippen LogP contribution < -0.4 is 0 Å². The number of hydrogen-bond acceptors (Lipinski definition) is 1. The zero-order valence-electron chi connectivity index (χ0n) is 15.2. The van der Waals surface area contributed by atoms with Crippen molar-refractivity contribution in [3.63, 3.8) is 0 Å². The topological polar surface area (TPSA) is 20.2 Å². The Kier molecular flexibility index (Phi) is 5.21. The first-order valence-electron chi connectivity index (χ1n) is 8.84. The predicted molar refractivity (Wildman–Crippen MR) is 109 cm³/mol. The van der Waals surface area contributed by atoms with Crippen molar-refractivity contribution < 1.29 is 5.11 Å². The van der Waals surface area contributed by atoms with Crippen LogP contribution in [0.15, 0.2) is 78.9 Å². The van der Waals surface area contributed by atoms with E-state index in [1.807, 2.05) is 12.1 Å². The molecule has 0 saturated carbocycles. The zero-order valence-corrected chi connectivity index (χ0v) is 16.2. The lowest BCUT2D eigenvalue weighted by Gasteiger charge is -2.30. The van der Waals surface area contributed by atoms with E-state index in [1.165, 1.54) is 22.3 Å². The van der Waals surface area contributed by atoms with Gasteiger partial charge in [0.1, 0.15) is 0 Å². The van der Waals surface area contributed by atoms with Crippen LogP contribution in [0.2, 0.25) is 19.6 Å². The first kappa shape index (κ1) is 17.7. The molecule has 3 aromatic carbocycles. The summed E-state index contributed by atoms with van der Waals surface area (Å²) in [5, 5.41) is 9.18. The second-order valence-electron chi connectivity index (χ2n) is 7.69. The van der Waals surface area contributed by atoms with Crippen LogP contribution in [0.3, 0.4) is 0 Å². The molecule has 1 N–H and O–H groups in total. The fourth-order valence-electron chi connectivity index (χ4n) is 3.51. The summed E-state index contributed by atoms with van der Waals surface area (Å²) >= 11 is 0. The maximum Gasteiger partial charge on any atom is 0.0681 e. The molecule has 0 aliphatic rings. The van der Waals surface area contributed by atoms with Crippen molar-refractivity contribution in [1.82, 2.24) is 0 Å². The van der Waals surface area contributed by atoms with Crippen LogP contribution in [0.5, 0.6) is 0 Å². The largest absolute Gasteiger partial charge is 0.392 e. The van der Waals surface area contributed by atoms with Gasteiger partial charge < -0.3 is 5.11 Å². The molecular formula is C23H26OSi. The van der Waals surface area contributed by atoms with Crippen LogP contribution >= 0.6 is 0 Å². The Labute approximate surface area is 152 Å². The molecule has 0 aliphatic heterocycles. The molecule has 0 amide bonds. The van der Waals surface area contributed by atoms with Crippen LogP contribution in [0.25, 0.3) is 11.1 Å². The average molecular weight is 347 g/mol. The van der Waals surface area contributed by atoms with Gasteiger partial charge in [-0.2, -0.15) is 0 Å². The Morgan fingerprint density at radius 3 is 1.64 bits per heavy atom. The highest BCUT2D eigenvalue weighted by atomic mass is 28.3. The molecule has 3 rings (SSSR count). The van der Waals surface area contributed by atoms with E-state index in [4.69, 9.17) is 0 Å². The fraction of sp³-hybridized carbons (Fsp3) is 0.217. The maximum absolute atomic E-state index is 9.18. The van der Waals surface area contributed by atoms with Crippen molar-refractivity contribution >= 4 is 8.07 Å². The highest BCUT2D eigenvalue weighted by Crippen LogP contribution is 2.34. The summed E-state index contributed by atoms with van der Waals surface area (Å²) in [6, 6.07) is 28.0. The molecule has 25 heavy (non-hydrogen) atoms. The lowest BCUT2D eigenvalue weighted by atomic mass is 9.99. The van der Waals surface area contributed by atoms with E-state index in [0.29, 0.717) is 5.54 Å². The number of hydrogen-bond donors (Lipinski definition) is 1. The zero-order chi connectivity index (χ0) is 17.9. The summed E-state index contributed by atoms with van der Waals surface area (Å²) in [6.07, 6.45) is 0. The van der Waals surface area contributed by atoms with E-state index in [1.54, 1.807) is 0 Å². The van der Waals surface area contributed by atoms with E-state index in [2.05, 4.69) is 86.4 Å². The molecule has 0 bridgehead atoms. The van der Waals surface area contributed by atoms with E-state index >= 15 is 0 Å². The van der Waals surface area contributed by atoms with Crippen LogP contribution in [0.1, 0.15) is 22.2 Å². The molecular weight excluding hydrogens is 320 g/mol. The third-order valence-electron chi connectivity index (χ3n) is 4.71. The summed E-state index contributed by atoms with van der Waals surface area (Å²) in [6.45, 7) is 7.40. The van der Waals surface area contributed by atoms with Gasteiger partial charge in [0.05, 0.1) is 14.7 Å². The first-order valence-corrected chi connectivity index (χ1v) is 12.4. The molecule has 3 aromatic rings. The lowest BCUT2D eigenvalue weighted by Crippen LogP contribution is -2.31. The summed E-state index contributed by atoms with van der Waals surface area (Å²) < 4.78 is 0. The summed E-state index contributed by atoms with van der Waals surface area (Å²) in [7, 11) is -1.41. The minimum absolute atomic E-state index is 0.0915. The van der Waals surface area contributed by atoms with Crippen molar-refractivity contribution in [1.29, 1.82) is 0 Å². The normalized spacial score (nSPS) is 12.8. The Morgan fingerprint density at radius 2 is 1.16 bits per heavy atom. The molecule has 1 nitrogen and oxygen atoms in total. The van der Waals surface area contributed by atoms with Crippen molar-refractivity contribution in [2.45, 2.75) is 31.8 Å². The van der Waals surface area contributed by atoms with Gasteiger partial charge in [-0.1, -0.05) is 98.5 Å². The molecule has 2 heteroatoms. The molecule has 0 spiro atoms. The molecule has 0 aromatic heterocycles. The molecule has 0 fully saturated rings. The van der Waals surface area contributed by atoms with E-state index < -0.39 is 8.07 Å². The summed E-state index contributed by atoms with van der Waals surface area (Å²) in [5.74, 6) is 0. The molecule has 1 unspecified atom stereocenters. The minimum atomic E-state index is -1.41. The number of aliphatic hydroxyl groups excluding tert-OH is 1.